The first-order valence-corrected chi connectivity index (χ1v) is 11.1. The molecule has 1 heterocycles. The third-order valence-electron chi connectivity index (χ3n) is 5.10. The number of nitrogens with zero attached hydrogens (tertiary/aromatic N) is 2. The van der Waals surface area contributed by atoms with Gasteiger partial charge in [-0.1, -0.05) is 35.5 Å². The molecule has 2 aromatic carbocycles. The van der Waals surface area contributed by atoms with Gasteiger partial charge in [-0.15, -0.1) is 0 Å². The molecule has 0 radical (unpaired) electrons. The lowest BCUT2D eigenvalue weighted by Gasteiger charge is -2.13. The van der Waals surface area contributed by atoms with E-state index in [0.717, 1.165) is 33.2 Å². The van der Waals surface area contributed by atoms with Gasteiger partial charge in [0.25, 0.3) is 0 Å². The normalized spacial score (nSPS) is 10.7. The molecule has 7 heteroatoms. The molecule has 1 aromatic heterocycles. The molecule has 162 valence electrons. The smallest absolute Gasteiger partial charge is 0.243 e. The maximum atomic E-state index is 12.3. The Morgan fingerprint density at radius 1 is 0.935 bits per heavy atom. The first kappa shape index (κ1) is 22.6. The number of benzene rings is 2. The van der Waals surface area contributed by atoms with Crippen molar-refractivity contribution in [1.29, 1.82) is 0 Å². The monoisotopic (exact) mass is 436 g/mol. The summed E-state index contributed by atoms with van der Waals surface area (Å²) in [6.45, 7) is 10.0. The summed E-state index contributed by atoms with van der Waals surface area (Å²) >= 11 is 1.34. The summed E-state index contributed by atoms with van der Waals surface area (Å²) in [5.41, 5.74) is 7.40. The van der Waals surface area contributed by atoms with Gasteiger partial charge in [-0.2, -0.15) is 0 Å². The minimum absolute atomic E-state index is 0.0717. The highest BCUT2D eigenvalue weighted by Gasteiger charge is 2.12. The van der Waals surface area contributed by atoms with E-state index in [-0.39, 0.29) is 24.1 Å². The quantitative estimate of drug-likeness (QED) is 0.543. The summed E-state index contributed by atoms with van der Waals surface area (Å²) in [5, 5.41) is 6.31. The van der Waals surface area contributed by atoms with Gasteiger partial charge in [0.15, 0.2) is 5.16 Å². The summed E-state index contributed by atoms with van der Waals surface area (Å²) in [4.78, 5) is 28.9. The van der Waals surface area contributed by atoms with Crippen LogP contribution in [0.3, 0.4) is 0 Å². The van der Waals surface area contributed by atoms with E-state index in [1.807, 2.05) is 49.7 Å². The van der Waals surface area contributed by atoms with Gasteiger partial charge in [0.1, 0.15) is 0 Å². The second-order valence-corrected chi connectivity index (χ2v) is 8.68. The van der Waals surface area contributed by atoms with Crippen LogP contribution < -0.4 is 10.6 Å². The Kier molecular flexibility index (Phi) is 7.17. The average Bonchev–Trinajstić information content (AvgIpc) is 3.18. The Hall–Kier alpha value is -3.06. The molecule has 31 heavy (non-hydrogen) atoms. The van der Waals surface area contributed by atoms with Gasteiger partial charge in [0.2, 0.25) is 11.8 Å². The van der Waals surface area contributed by atoms with Crippen LogP contribution in [0.25, 0.3) is 5.69 Å². The molecule has 0 aliphatic rings. The van der Waals surface area contributed by atoms with Gasteiger partial charge in [-0.25, -0.2) is 4.98 Å². The number of carbonyl (C=O) groups excluding carboxylic acids is 2. The molecule has 2 N–H and O–H groups in total. The molecule has 0 bridgehead atoms. The lowest BCUT2D eigenvalue weighted by Crippen LogP contribution is -2.34. The highest BCUT2D eigenvalue weighted by Crippen LogP contribution is 2.23. The predicted octanol–water partition coefficient (Wildman–Crippen LogP) is 4.26. The maximum absolute atomic E-state index is 12.3. The second-order valence-electron chi connectivity index (χ2n) is 7.74. The summed E-state index contributed by atoms with van der Waals surface area (Å²) in [6, 6.07) is 10.3. The Labute approximate surface area is 187 Å². The van der Waals surface area contributed by atoms with E-state index in [9.17, 15) is 9.59 Å². The van der Waals surface area contributed by atoms with Crippen molar-refractivity contribution in [2.45, 2.75) is 39.8 Å². The summed E-state index contributed by atoms with van der Waals surface area (Å²) in [6.07, 6.45) is 3.60. The lowest BCUT2D eigenvalue weighted by molar-refractivity contribution is -0.122. The van der Waals surface area contributed by atoms with Crippen molar-refractivity contribution in [2.24, 2.45) is 0 Å². The molecule has 0 saturated carbocycles. The number of carbonyl (C=O) groups is 2. The molecule has 0 aliphatic carbocycles. The number of aromatic nitrogens is 2. The number of thioether (sulfide) groups is 1. The number of hydrogen-bond donors (Lipinski definition) is 2. The van der Waals surface area contributed by atoms with Crippen LogP contribution in [0.15, 0.2) is 47.9 Å². The topological polar surface area (TPSA) is 76.0 Å². The summed E-state index contributed by atoms with van der Waals surface area (Å²) in [7, 11) is 0. The first-order valence-electron chi connectivity index (χ1n) is 10.1. The largest absolute Gasteiger partial charge is 0.346 e. The third kappa shape index (κ3) is 5.76. The zero-order chi connectivity index (χ0) is 22.5. The molecule has 2 amide bonds. The number of amides is 2. The minimum atomic E-state index is -0.245. The molecule has 0 saturated heterocycles. The summed E-state index contributed by atoms with van der Waals surface area (Å²) in [5.74, 6) is -0.283. The van der Waals surface area contributed by atoms with E-state index in [0.29, 0.717) is 0 Å². The molecule has 0 spiro atoms. The zero-order valence-corrected chi connectivity index (χ0v) is 19.4. The van der Waals surface area contributed by atoms with Crippen molar-refractivity contribution in [3.63, 3.8) is 0 Å². The molecule has 3 aromatic rings. The fourth-order valence-corrected chi connectivity index (χ4v) is 4.19. The van der Waals surface area contributed by atoms with Crippen molar-refractivity contribution in [1.82, 2.24) is 14.9 Å². The second kappa shape index (κ2) is 9.83. The number of aryl methyl sites for hydroxylation is 5. The van der Waals surface area contributed by atoms with Crippen molar-refractivity contribution in [3.8, 4) is 5.69 Å². The van der Waals surface area contributed by atoms with Crippen LogP contribution in [0.4, 0.5) is 5.69 Å². The van der Waals surface area contributed by atoms with Gasteiger partial charge < -0.3 is 10.6 Å². The van der Waals surface area contributed by atoms with E-state index in [4.69, 9.17) is 0 Å². The van der Waals surface area contributed by atoms with Gasteiger partial charge in [0.05, 0.1) is 12.3 Å². The van der Waals surface area contributed by atoms with Crippen LogP contribution in [-0.2, 0) is 9.59 Å². The van der Waals surface area contributed by atoms with Crippen molar-refractivity contribution in [3.05, 3.63) is 70.5 Å². The fourth-order valence-electron chi connectivity index (χ4n) is 3.39. The van der Waals surface area contributed by atoms with Crippen LogP contribution in [-0.4, -0.2) is 33.7 Å². The standard InChI is InChI=1S/C24H28N4O2S/c1-15-10-18(4)23(19(5)11-15)27-21(29)13-26-22(30)14-31-24-25-8-9-28(24)20-7-6-16(2)17(3)12-20/h6-12H,13-14H2,1-5H3,(H,26,30)(H,27,29). The summed E-state index contributed by atoms with van der Waals surface area (Å²) < 4.78 is 1.96. The van der Waals surface area contributed by atoms with Crippen LogP contribution in [0, 0.1) is 34.6 Å². The molecular weight excluding hydrogens is 408 g/mol. The highest BCUT2D eigenvalue weighted by atomic mass is 32.2. The average molecular weight is 437 g/mol. The SMILES string of the molecule is Cc1cc(C)c(NC(=O)CNC(=O)CSc2nccn2-c2ccc(C)c(C)c2)c(C)c1. The molecule has 0 atom stereocenters. The minimum Gasteiger partial charge on any atom is -0.346 e. The Morgan fingerprint density at radius 2 is 1.65 bits per heavy atom. The number of nitrogens with one attached hydrogen (secondary N) is 2. The Balaban J connectivity index is 1.53. The molecule has 0 fully saturated rings. The van der Waals surface area contributed by atoms with E-state index in [2.05, 4.69) is 41.6 Å². The number of rotatable bonds is 7. The Bertz CT molecular complexity index is 1100. The van der Waals surface area contributed by atoms with Gasteiger partial charge in [-0.05, 0) is 69.0 Å². The number of hydrogen-bond acceptors (Lipinski definition) is 4. The van der Waals surface area contributed by atoms with Gasteiger partial charge in [-0.3, -0.25) is 14.2 Å². The zero-order valence-electron chi connectivity index (χ0n) is 18.6. The van der Waals surface area contributed by atoms with E-state index < -0.39 is 0 Å². The van der Waals surface area contributed by atoms with Gasteiger partial charge in [0, 0.05) is 23.8 Å². The Morgan fingerprint density at radius 3 is 2.32 bits per heavy atom. The van der Waals surface area contributed by atoms with Crippen molar-refractivity contribution >= 4 is 29.3 Å². The van der Waals surface area contributed by atoms with E-state index in [1.165, 1.54) is 22.9 Å². The highest BCUT2D eigenvalue weighted by molar-refractivity contribution is 7.99. The molecule has 0 aliphatic heterocycles. The predicted molar refractivity (Wildman–Crippen MR) is 126 cm³/mol. The van der Waals surface area contributed by atoms with Crippen LogP contribution in [0.1, 0.15) is 27.8 Å². The van der Waals surface area contributed by atoms with Crippen LogP contribution in [0.5, 0.6) is 0 Å². The molecule has 3 rings (SSSR count). The molecule has 0 unspecified atom stereocenters. The van der Waals surface area contributed by atoms with Crippen molar-refractivity contribution < 1.29 is 9.59 Å². The number of imidazole rings is 1. The lowest BCUT2D eigenvalue weighted by atomic mass is 10.1. The fraction of sp³-hybridized carbons (Fsp3) is 0.292. The van der Waals surface area contributed by atoms with Gasteiger partial charge >= 0.3 is 0 Å². The molecular formula is C24H28N4O2S. The maximum Gasteiger partial charge on any atom is 0.243 e. The third-order valence-corrected chi connectivity index (χ3v) is 6.06. The first-order chi connectivity index (χ1) is 14.7. The molecule has 6 nitrogen and oxygen atoms in total. The van der Waals surface area contributed by atoms with E-state index in [1.54, 1.807) is 6.20 Å². The van der Waals surface area contributed by atoms with E-state index >= 15 is 0 Å². The van der Waals surface area contributed by atoms with Crippen molar-refractivity contribution in [2.75, 3.05) is 17.6 Å². The van der Waals surface area contributed by atoms with Crippen LogP contribution >= 0.6 is 11.8 Å². The van der Waals surface area contributed by atoms with Crippen LogP contribution in [0.2, 0.25) is 0 Å². The number of anilines is 1.